The van der Waals surface area contributed by atoms with Crippen molar-refractivity contribution in [2.75, 3.05) is 6.54 Å². The minimum absolute atomic E-state index is 0.0994. The first-order valence-electron chi connectivity index (χ1n) is 6.47. The zero-order valence-corrected chi connectivity index (χ0v) is 11.2. The molecule has 0 spiro atoms. The van der Waals surface area contributed by atoms with Gasteiger partial charge in [-0.3, -0.25) is 4.90 Å². The Balaban J connectivity index is 2.58. The van der Waals surface area contributed by atoms with Gasteiger partial charge in [-0.05, 0) is 39.5 Å². The fourth-order valence-corrected chi connectivity index (χ4v) is 2.67. The molecule has 0 aromatic carbocycles. The number of rotatable bonds is 4. The predicted octanol–water partition coefficient (Wildman–Crippen LogP) is 3.22. The number of ether oxygens (including phenoxy) is 1. The monoisotopic (exact) mass is 231 g/mol. The molecule has 1 fully saturated rings. The van der Waals surface area contributed by atoms with Crippen molar-refractivity contribution < 1.29 is 9.13 Å². The van der Waals surface area contributed by atoms with Gasteiger partial charge in [0.1, 0.15) is 0 Å². The minimum Gasteiger partial charge on any atom is -0.345 e. The lowest BCUT2D eigenvalue weighted by molar-refractivity contribution is -0.110. The molecule has 1 aliphatic heterocycles. The lowest BCUT2D eigenvalue weighted by atomic mass is 9.90. The van der Waals surface area contributed by atoms with Crippen LogP contribution in [-0.2, 0) is 4.74 Å². The summed E-state index contributed by atoms with van der Waals surface area (Å²) in [4.78, 5) is 2.52. The number of hydrogen-bond acceptors (Lipinski definition) is 2. The summed E-state index contributed by atoms with van der Waals surface area (Å²) in [7, 11) is 0. The maximum absolute atomic E-state index is 12.8. The molecule has 1 saturated heterocycles. The molecule has 0 amide bonds. The van der Waals surface area contributed by atoms with Gasteiger partial charge in [0.05, 0.1) is 6.10 Å². The van der Waals surface area contributed by atoms with Crippen molar-refractivity contribution in [3.8, 4) is 0 Å². The second kappa shape index (κ2) is 5.97. The SMILES string of the molecule is CC(F)OC1CCN(C(C)C)C(C(C)C)C1. The zero-order valence-electron chi connectivity index (χ0n) is 11.2. The predicted molar refractivity (Wildman–Crippen MR) is 65.1 cm³/mol. The van der Waals surface area contributed by atoms with E-state index in [1.807, 2.05) is 0 Å². The third-order valence-corrected chi connectivity index (χ3v) is 3.45. The Bertz CT molecular complexity index is 206. The quantitative estimate of drug-likeness (QED) is 0.736. The van der Waals surface area contributed by atoms with Crippen molar-refractivity contribution >= 4 is 0 Å². The van der Waals surface area contributed by atoms with Crippen molar-refractivity contribution in [1.82, 2.24) is 4.90 Å². The third-order valence-electron chi connectivity index (χ3n) is 3.45. The van der Waals surface area contributed by atoms with E-state index in [4.69, 9.17) is 4.74 Å². The number of alkyl halides is 1. The molecule has 0 aromatic rings. The van der Waals surface area contributed by atoms with E-state index < -0.39 is 6.36 Å². The molecule has 1 aliphatic rings. The number of nitrogens with zero attached hydrogens (tertiary/aromatic N) is 1. The lowest BCUT2D eigenvalue weighted by Crippen LogP contribution is -2.50. The van der Waals surface area contributed by atoms with Gasteiger partial charge >= 0.3 is 0 Å². The highest BCUT2D eigenvalue weighted by Gasteiger charge is 2.32. The second-order valence-corrected chi connectivity index (χ2v) is 5.47. The summed E-state index contributed by atoms with van der Waals surface area (Å²) in [5, 5.41) is 0. The van der Waals surface area contributed by atoms with Crippen LogP contribution in [0.2, 0.25) is 0 Å². The van der Waals surface area contributed by atoms with Gasteiger partial charge in [-0.2, -0.15) is 0 Å². The molecule has 0 N–H and O–H groups in total. The van der Waals surface area contributed by atoms with Crippen molar-refractivity contribution in [3.05, 3.63) is 0 Å². The number of hydrogen-bond donors (Lipinski definition) is 0. The van der Waals surface area contributed by atoms with Crippen LogP contribution in [0.25, 0.3) is 0 Å². The fraction of sp³-hybridized carbons (Fsp3) is 1.00. The first-order chi connectivity index (χ1) is 7.41. The van der Waals surface area contributed by atoms with E-state index in [0.717, 1.165) is 19.4 Å². The van der Waals surface area contributed by atoms with Crippen LogP contribution >= 0.6 is 0 Å². The van der Waals surface area contributed by atoms with Gasteiger partial charge in [0.15, 0.2) is 6.36 Å². The summed E-state index contributed by atoms with van der Waals surface area (Å²) >= 11 is 0. The second-order valence-electron chi connectivity index (χ2n) is 5.47. The Morgan fingerprint density at radius 1 is 1.19 bits per heavy atom. The molecule has 16 heavy (non-hydrogen) atoms. The first kappa shape index (κ1) is 13.9. The zero-order chi connectivity index (χ0) is 12.3. The van der Waals surface area contributed by atoms with E-state index in [1.54, 1.807) is 0 Å². The van der Waals surface area contributed by atoms with E-state index in [2.05, 4.69) is 32.6 Å². The van der Waals surface area contributed by atoms with Gasteiger partial charge < -0.3 is 4.74 Å². The summed E-state index contributed by atoms with van der Waals surface area (Å²) in [6.45, 7) is 11.4. The minimum atomic E-state index is -1.14. The summed E-state index contributed by atoms with van der Waals surface area (Å²) in [5.74, 6) is 0.601. The topological polar surface area (TPSA) is 12.5 Å². The molecule has 0 aliphatic carbocycles. The van der Waals surface area contributed by atoms with Gasteiger partial charge in [-0.1, -0.05) is 13.8 Å². The average Bonchev–Trinajstić information content (AvgIpc) is 2.16. The molecule has 0 aromatic heterocycles. The molecule has 2 nitrogen and oxygen atoms in total. The van der Waals surface area contributed by atoms with Crippen LogP contribution in [0.1, 0.15) is 47.5 Å². The van der Waals surface area contributed by atoms with Crippen molar-refractivity contribution in [2.24, 2.45) is 5.92 Å². The molecule has 0 bridgehead atoms. The van der Waals surface area contributed by atoms with Gasteiger partial charge in [0.2, 0.25) is 0 Å². The number of halogens is 1. The number of likely N-dealkylation sites (tertiary alicyclic amines) is 1. The molecular weight excluding hydrogens is 205 g/mol. The highest BCUT2D eigenvalue weighted by atomic mass is 19.1. The Morgan fingerprint density at radius 2 is 1.81 bits per heavy atom. The summed E-state index contributed by atoms with van der Waals surface area (Å²) < 4.78 is 18.1. The molecule has 96 valence electrons. The van der Waals surface area contributed by atoms with Gasteiger partial charge in [-0.15, -0.1) is 0 Å². The first-order valence-corrected chi connectivity index (χ1v) is 6.47. The normalized spacial score (nSPS) is 30.0. The van der Waals surface area contributed by atoms with Crippen LogP contribution in [0.5, 0.6) is 0 Å². The molecule has 0 saturated carbocycles. The fourth-order valence-electron chi connectivity index (χ4n) is 2.67. The molecule has 0 radical (unpaired) electrons. The van der Waals surface area contributed by atoms with Gasteiger partial charge in [0, 0.05) is 18.6 Å². The molecule has 1 rings (SSSR count). The van der Waals surface area contributed by atoms with E-state index >= 15 is 0 Å². The summed E-state index contributed by atoms with van der Waals surface area (Å²) in [6, 6.07) is 1.09. The molecule has 3 atom stereocenters. The molecule has 3 heteroatoms. The van der Waals surface area contributed by atoms with Crippen LogP contribution in [-0.4, -0.2) is 36.0 Å². The van der Waals surface area contributed by atoms with Gasteiger partial charge in [-0.25, -0.2) is 4.39 Å². The third kappa shape index (κ3) is 3.70. The Hall–Kier alpha value is -0.150. The summed E-state index contributed by atoms with van der Waals surface area (Å²) in [6.07, 6.45) is 0.880. The Labute approximate surface area is 99.2 Å². The standard InChI is InChI=1S/C13H26FNO/c1-9(2)13-8-12(16-11(5)14)6-7-15(13)10(3)4/h9-13H,6-8H2,1-5H3. The van der Waals surface area contributed by atoms with Crippen LogP contribution in [0.4, 0.5) is 4.39 Å². The molecule has 3 unspecified atom stereocenters. The Kier molecular flexibility index (Phi) is 5.19. The highest BCUT2D eigenvalue weighted by Crippen LogP contribution is 2.27. The average molecular weight is 231 g/mol. The Morgan fingerprint density at radius 3 is 2.25 bits per heavy atom. The van der Waals surface area contributed by atoms with E-state index in [1.165, 1.54) is 6.92 Å². The largest absolute Gasteiger partial charge is 0.345 e. The van der Waals surface area contributed by atoms with Crippen LogP contribution in [0.3, 0.4) is 0 Å². The van der Waals surface area contributed by atoms with Crippen LogP contribution in [0.15, 0.2) is 0 Å². The number of piperidine rings is 1. The molecular formula is C13H26FNO. The van der Waals surface area contributed by atoms with Crippen molar-refractivity contribution in [3.63, 3.8) is 0 Å². The maximum atomic E-state index is 12.8. The van der Waals surface area contributed by atoms with Crippen molar-refractivity contribution in [1.29, 1.82) is 0 Å². The van der Waals surface area contributed by atoms with Gasteiger partial charge in [0.25, 0.3) is 0 Å². The van der Waals surface area contributed by atoms with Crippen LogP contribution in [0, 0.1) is 5.92 Å². The summed E-state index contributed by atoms with van der Waals surface area (Å²) in [5.41, 5.74) is 0. The lowest BCUT2D eigenvalue weighted by Gasteiger charge is -2.43. The van der Waals surface area contributed by atoms with Crippen molar-refractivity contribution in [2.45, 2.75) is 72.0 Å². The van der Waals surface area contributed by atoms with E-state index in [-0.39, 0.29) is 6.10 Å². The highest BCUT2D eigenvalue weighted by molar-refractivity contribution is 4.86. The maximum Gasteiger partial charge on any atom is 0.196 e. The van der Waals surface area contributed by atoms with E-state index in [0.29, 0.717) is 18.0 Å². The molecule has 1 heterocycles. The van der Waals surface area contributed by atoms with Crippen LogP contribution < -0.4 is 0 Å². The smallest absolute Gasteiger partial charge is 0.196 e. The van der Waals surface area contributed by atoms with E-state index in [9.17, 15) is 4.39 Å².